The predicted molar refractivity (Wildman–Crippen MR) is 86.0 cm³/mol. The Morgan fingerprint density at radius 1 is 1.05 bits per heavy atom. The van der Waals surface area contributed by atoms with Gasteiger partial charge in [-0.15, -0.1) is 0 Å². The van der Waals surface area contributed by atoms with Crippen molar-refractivity contribution in [3.8, 4) is 0 Å². The normalized spacial score (nSPS) is 24.0. The van der Waals surface area contributed by atoms with Crippen LogP contribution in [-0.2, 0) is 17.6 Å². The quantitative estimate of drug-likeness (QED) is 0.742. The van der Waals surface area contributed by atoms with Crippen molar-refractivity contribution in [1.29, 1.82) is 0 Å². The second-order valence-corrected chi connectivity index (χ2v) is 6.40. The van der Waals surface area contributed by atoms with Gasteiger partial charge in [-0.05, 0) is 66.4 Å². The number of ketones is 1. The van der Waals surface area contributed by atoms with E-state index in [1.807, 2.05) is 0 Å². The van der Waals surface area contributed by atoms with Gasteiger partial charge in [-0.2, -0.15) is 0 Å². The Labute approximate surface area is 126 Å². The summed E-state index contributed by atoms with van der Waals surface area (Å²) in [5.41, 5.74) is 6.29. The molecule has 0 saturated carbocycles. The fourth-order valence-corrected chi connectivity index (χ4v) is 3.79. The minimum Gasteiger partial charge on any atom is -0.294 e. The molecule has 1 atom stereocenters. The van der Waals surface area contributed by atoms with Crippen molar-refractivity contribution in [2.75, 3.05) is 0 Å². The summed E-state index contributed by atoms with van der Waals surface area (Å²) >= 11 is 0. The van der Waals surface area contributed by atoms with Crippen LogP contribution in [0.4, 0.5) is 0 Å². The van der Waals surface area contributed by atoms with Gasteiger partial charge in [-0.1, -0.05) is 36.4 Å². The van der Waals surface area contributed by atoms with Crippen molar-refractivity contribution < 1.29 is 4.79 Å². The molecule has 0 saturated heterocycles. The SMILES string of the molecule is O=C1CC2CC=CC=C2C=C1c1ccc2c(c1)CCCC2. The molecule has 1 heteroatoms. The summed E-state index contributed by atoms with van der Waals surface area (Å²) in [7, 11) is 0. The van der Waals surface area contributed by atoms with E-state index in [0.29, 0.717) is 18.1 Å². The van der Waals surface area contributed by atoms with Crippen molar-refractivity contribution in [3.05, 3.63) is 64.8 Å². The number of fused-ring (bicyclic) bond motifs is 2. The lowest BCUT2D eigenvalue weighted by Crippen LogP contribution is -2.18. The molecule has 1 aromatic carbocycles. The van der Waals surface area contributed by atoms with Gasteiger partial charge in [0.05, 0.1) is 0 Å². The maximum absolute atomic E-state index is 12.5. The van der Waals surface area contributed by atoms with E-state index in [-0.39, 0.29) is 0 Å². The maximum atomic E-state index is 12.5. The topological polar surface area (TPSA) is 17.1 Å². The van der Waals surface area contributed by atoms with Crippen LogP contribution in [0.1, 0.15) is 42.4 Å². The Morgan fingerprint density at radius 3 is 2.81 bits per heavy atom. The van der Waals surface area contributed by atoms with Gasteiger partial charge >= 0.3 is 0 Å². The molecule has 0 aromatic heterocycles. The van der Waals surface area contributed by atoms with Gasteiger partial charge in [-0.3, -0.25) is 4.79 Å². The molecule has 0 spiro atoms. The van der Waals surface area contributed by atoms with E-state index >= 15 is 0 Å². The van der Waals surface area contributed by atoms with Gasteiger partial charge in [0.1, 0.15) is 0 Å². The van der Waals surface area contributed by atoms with Crippen LogP contribution in [0.2, 0.25) is 0 Å². The molecular formula is C20H20O. The van der Waals surface area contributed by atoms with Gasteiger partial charge in [0.25, 0.3) is 0 Å². The molecule has 0 fully saturated rings. The molecule has 0 amide bonds. The van der Waals surface area contributed by atoms with E-state index < -0.39 is 0 Å². The Balaban J connectivity index is 1.75. The highest BCUT2D eigenvalue weighted by atomic mass is 16.1. The van der Waals surface area contributed by atoms with Crippen LogP contribution in [0.15, 0.2) is 48.1 Å². The first-order valence-corrected chi connectivity index (χ1v) is 8.05. The Kier molecular flexibility index (Phi) is 3.14. The molecule has 1 nitrogen and oxygen atoms in total. The van der Waals surface area contributed by atoms with E-state index in [0.717, 1.165) is 17.6 Å². The van der Waals surface area contributed by atoms with Crippen LogP contribution < -0.4 is 0 Å². The number of carbonyl (C=O) groups is 1. The van der Waals surface area contributed by atoms with Gasteiger partial charge in [0, 0.05) is 12.0 Å². The average molecular weight is 276 g/mol. The van der Waals surface area contributed by atoms with E-state index in [1.165, 1.54) is 42.4 Å². The van der Waals surface area contributed by atoms with E-state index in [1.54, 1.807) is 0 Å². The number of aryl methyl sites for hydroxylation is 2. The highest BCUT2D eigenvalue weighted by Gasteiger charge is 2.26. The zero-order valence-electron chi connectivity index (χ0n) is 12.3. The minimum absolute atomic E-state index is 0.309. The van der Waals surface area contributed by atoms with Crippen molar-refractivity contribution in [2.45, 2.75) is 38.5 Å². The molecule has 0 bridgehead atoms. The molecule has 0 N–H and O–H groups in total. The number of carbonyl (C=O) groups excluding carboxylic acids is 1. The Morgan fingerprint density at radius 2 is 1.90 bits per heavy atom. The highest BCUT2D eigenvalue weighted by Crippen LogP contribution is 2.36. The van der Waals surface area contributed by atoms with Crippen LogP contribution >= 0.6 is 0 Å². The number of allylic oxidation sites excluding steroid dienone is 6. The van der Waals surface area contributed by atoms with Crippen molar-refractivity contribution in [1.82, 2.24) is 0 Å². The molecule has 0 aliphatic heterocycles. The van der Waals surface area contributed by atoms with E-state index in [9.17, 15) is 4.79 Å². The summed E-state index contributed by atoms with van der Waals surface area (Å²) in [4.78, 5) is 12.5. The third-order valence-electron chi connectivity index (χ3n) is 5.02. The first kappa shape index (κ1) is 12.8. The highest BCUT2D eigenvalue weighted by molar-refractivity contribution is 6.22. The van der Waals surface area contributed by atoms with Crippen molar-refractivity contribution >= 4 is 11.4 Å². The lowest BCUT2D eigenvalue weighted by atomic mass is 9.78. The maximum Gasteiger partial charge on any atom is 0.164 e. The number of hydrogen-bond acceptors (Lipinski definition) is 1. The van der Waals surface area contributed by atoms with E-state index in [4.69, 9.17) is 0 Å². The monoisotopic (exact) mass is 276 g/mol. The molecular weight excluding hydrogens is 256 g/mol. The molecule has 3 aliphatic rings. The number of hydrogen-bond donors (Lipinski definition) is 0. The molecule has 4 rings (SSSR count). The molecule has 1 aromatic rings. The molecule has 21 heavy (non-hydrogen) atoms. The van der Waals surface area contributed by atoms with Gasteiger partial charge < -0.3 is 0 Å². The molecule has 1 unspecified atom stereocenters. The number of Topliss-reactive ketones (excluding diaryl/α,β-unsaturated/α-hetero) is 1. The second kappa shape index (κ2) is 5.14. The largest absolute Gasteiger partial charge is 0.294 e. The molecule has 0 radical (unpaired) electrons. The first-order chi connectivity index (χ1) is 10.3. The summed E-state index contributed by atoms with van der Waals surface area (Å²) in [6.45, 7) is 0. The van der Waals surface area contributed by atoms with E-state index in [2.05, 4.69) is 42.5 Å². The van der Waals surface area contributed by atoms with Crippen molar-refractivity contribution in [3.63, 3.8) is 0 Å². The molecule has 106 valence electrons. The third-order valence-corrected chi connectivity index (χ3v) is 5.02. The zero-order valence-corrected chi connectivity index (χ0v) is 12.3. The smallest absolute Gasteiger partial charge is 0.164 e. The summed E-state index contributed by atoms with van der Waals surface area (Å²) in [6, 6.07) is 6.64. The number of benzene rings is 1. The standard InChI is InChI=1S/C20H20O/c21-20-13-17-8-4-3-7-16(17)12-19(20)18-10-9-14-5-1-2-6-15(14)11-18/h3-4,7,9-12,17H,1-2,5-6,8,13H2. The van der Waals surface area contributed by atoms with Gasteiger partial charge in [0.15, 0.2) is 5.78 Å². The van der Waals surface area contributed by atoms with Crippen molar-refractivity contribution in [2.24, 2.45) is 5.92 Å². The summed E-state index contributed by atoms with van der Waals surface area (Å²) in [5, 5.41) is 0. The second-order valence-electron chi connectivity index (χ2n) is 6.40. The lowest BCUT2D eigenvalue weighted by Gasteiger charge is -2.25. The Hall–Kier alpha value is -1.89. The summed E-state index contributed by atoms with van der Waals surface area (Å²) in [6.07, 6.45) is 15.2. The van der Waals surface area contributed by atoms with Crippen LogP contribution in [0.5, 0.6) is 0 Å². The Bertz CT molecular complexity index is 688. The van der Waals surface area contributed by atoms with Crippen LogP contribution in [0.3, 0.4) is 0 Å². The zero-order chi connectivity index (χ0) is 14.2. The first-order valence-electron chi connectivity index (χ1n) is 8.05. The van der Waals surface area contributed by atoms with Crippen LogP contribution in [-0.4, -0.2) is 5.78 Å². The van der Waals surface area contributed by atoms with Crippen LogP contribution in [0.25, 0.3) is 5.57 Å². The third kappa shape index (κ3) is 2.31. The fourth-order valence-electron chi connectivity index (χ4n) is 3.79. The van der Waals surface area contributed by atoms with Crippen LogP contribution in [0, 0.1) is 5.92 Å². The van der Waals surface area contributed by atoms with Gasteiger partial charge in [0.2, 0.25) is 0 Å². The minimum atomic E-state index is 0.309. The molecule has 3 aliphatic carbocycles. The predicted octanol–water partition coefficient (Wildman–Crippen LogP) is 4.42. The van der Waals surface area contributed by atoms with Gasteiger partial charge in [-0.25, -0.2) is 0 Å². The molecule has 0 heterocycles. The number of rotatable bonds is 1. The summed E-state index contributed by atoms with van der Waals surface area (Å²) < 4.78 is 0. The lowest BCUT2D eigenvalue weighted by molar-refractivity contribution is -0.114. The summed E-state index contributed by atoms with van der Waals surface area (Å²) in [5.74, 6) is 0.715. The average Bonchev–Trinajstić information content (AvgIpc) is 2.54. The fraction of sp³-hybridized carbons (Fsp3) is 0.350.